The maximum absolute atomic E-state index is 6.08. The molecule has 0 aromatic carbocycles. The van der Waals surface area contributed by atoms with E-state index < -0.39 is 0 Å². The Morgan fingerprint density at radius 2 is 2.12 bits per heavy atom. The average molecular weight is 361 g/mol. The van der Waals surface area contributed by atoms with Crippen LogP contribution in [-0.2, 0) is 0 Å². The summed E-state index contributed by atoms with van der Waals surface area (Å²) in [6, 6.07) is 5.63. The minimum Gasteiger partial charge on any atom is -0.476 e. The number of fused-ring (bicyclic) bond motifs is 1. The zero-order valence-electron chi connectivity index (χ0n) is 13.1. The topological polar surface area (TPSA) is 51.1 Å². The summed E-state index contributed by atoms with van der Waals surface area (Å²) in [4.78, 5) is 15.4. The van der Waals surface area contributed by atoms with Gasteiger partial charge in [0.25, 0.3) is 0 Å². The van der Waals surface area contributed by atoms with Crippen molar-refractivity contribution in [3.05, 3.63) is 41.8 Å². The van der Waals surface area contributed by atoms with Crippen LogP contribution in [0.15, 0.2) is 36.8 Å². The van der Waals surface area contributed by atoms with Crippen LogP contribution >= 0.6 is 22.9 Å². The number of anilines is 1. The minimum absolute atomic E-state index is 0.523. The standard InChI is InChI=1S/C17H17ClN4OS/c18-13-2-1-6-20-16(13)23-11-12-4-8-22(9-5-12)17-21-14-10-19-7-3-15(14)24-17/h1-3,6-7,10,12H,4-5,8-9,11H2. The lowest BCUT2D eigenvalue weighted by atomic mass is 9.98. The third-order valence-electron chi connectivity index (χ3n) is 4.24. The third kappa shape index (κ3) is 3.30. The number of aromatic nitrogens is 3. The monoisotopic (exact) mass is 360 g/mol. The normalized spacial score (nSPS) is 15.8. The summed E-state index contributed by atoms with van der Waals surface area (Å²) < 4.78 is 6.97. The molecular formula is C17H17ClN4OS. The fraction of sp³-hybridized carbons (Fsp3) is 0.353. The van der Waals surface area contributed by atoms with Gasteiger partial charge in [0.1, 0.15) is 10.5 Å². The summed E-state index contributed by atoms with van der Waals surface area (Å²) >= 11 is 7.81. The zero-order chi connectivity index (χ0) is 16.4. The lowest BCUT2D eigenvalue weighted by Crippen LogP contribution is -2.35. The van der Waals surface area contributed by atoms with Crippen molar-refractivity contribution in [2.45, 2.75) is 12.8 Å². The van der Waals surface area contributed by atoms with Gasteiger partial charge in [-0.25, -0.2) is 9.97 Å². The second-order valence-corrected chi connectivity index (χ2v) is 7.29. The lowest BCUT2D eigenvalue weighted by molar-refractivity contribution is 0.216. The first kappa shape index (κ1) is 15.6. The fourth-order valence-electron chi connectivity index (χ4n) is 2.87. The molecule has 1 saturated heterocycles. The van der Waals surface area contributed by atoms with Crippen molar-refractivity contribution >= 4 is 38.3 Å². The highest BCUT2D eigenvalue weighted by Crippen LogP contribution is 2.31. The van der Waals surface area contributed by atoms with Crippen LogP contribution in [0.2, 0.25) is 5.02 Å². The van der Waals surface area contributed by atoms with Crippen molar-refractivity contribution in [3.63, 3.8) is 0 Å². The molecule has 0 saturated carbocycles. The molecule has 7 heteroatoms. The van der Waals surface area contributed by atoms with Gasteiger partial charge in [-0.3, -0.25) is 4.98 Å². The molecule has 0 radical (unpaired) electrons. The van der Waals surface area contributed by atoms with E-state index in [0.717, 1.165) is 36.6 Å². The SMILES string of the molecule is Clc1cccnc1OCC1CCN(c2nc3cnccc3s2)CC1. The van der Waals surface area contributed by atoms with Crippen LogP contribution in [0.25, 0.3) is 10.2 Å². The fourth-order valence-corrected chi connectivity index (χ4v) is 4.03. The van der Waals surface area contributed by atoms with Gasteiger partial charge in [0.05, 0.1) is 17.5 Å². The second kappa shape index (κ2) is 6.91. The predicted molar refractivity (Wildman–Crippen MR) is 97.1 cm³/mol. The Morgan fingerprint density at radius 1 is 1.25 bits per heavy atom. The number of hydrogen-bond donors (Lipinski definition) is 0. The van der Waals surface area contributed by atoms with E-state index in [1.807, 2.05) is 18.5 Å². The lowest BCUT2D eigenvalue weighted by Gasteiger charge is -2.31. The highest BCUT2D eigenvalue weighted by Gasteiger charge is 2.22. The molecule has 24 heavy (non-hydrogen) atoms. The Bertz CT molecular complexity index is 799. The molecule has 4 rings (SSSR count). The number of thiazole rings is 1. The average Bonchev–Trinajstić information content (AvgIpc) is 3.06. The summed E-state index contributed by atoms with van der Waals surface area (Å²) in [5.74, 6) is 1.05. The van der Waals surface area contributed by atoms with E-state index in [9.17, 15) is 0 Å². The number of ether oxygens (including phenoxy) is 1. The maximum atomic E-state index is 6.08. The molecule has 0 N–H and O–H groups in total. The van der Waals surface area contributed by atoms with Crippen LogP contribution < -0.4 is 9.64 Å². The summed E-state index contributed by atoms with van der Waals surface area (Å²) in [6.45, 7) is 2.66. The van der Waals surface area contributed by atoms with Gasteiger partial charge >= 0.3 is 0 Å². The van der Waals surface area contributed by atoms with Gasteiger partial charge < -0.3 is 9.64 Å². The molecule has 1 aliphatic heterocycles. The number of piperidine rings is 1. The van der Waals surface area contributed by atoms with Gasteiger partial charge in [0, 0.05) is 25.5 Å². The highest BCUT2D eigenvalue weighted by atomic mass is 35.5. The molecule has 0 bridgehead atoms. The number of pyridine rings is 2. The molecule has 0 aliphatic carbocycles. The zero-order valence-corrected chi connectivity index (χ0v) is 14.6. The van der Waals surface area contributed by atoms with E-state index in [2.05, 4.69) is 19.9 Å². The molecule has 0 amide bonds. The van der Waals surface area contributed by atoms with Crippen LogP contribution in [0, 0.1) is 5.92 Å². The molecule has 0 atom stereocenters. The van der Waals surface area contributed by atoms with Crippen LogP contribution in [0.5, 0.6) is 5.88 Å². The van der Waals surface area contributed by atoms with E-state index in [0.29, 0.717) is 23.4 Å². The molecule has 3 aromatic heterocycles. The molecular weight excluding hydrogens is 344 g/mol. The molecule has 124 valence electrons. The molecule has 1 fully saturated rings. The van der Waals surface area contributed by atoms with E-state index >= 15 is 0 Å². The first-order valence-corrected chi connectivity index (χ1v) is 9.18. The van der Waals surface area contributed by atoms with Crippen molar-refractivity contribution in [2.75, 3.05) is 24.6 Å². The van der Waals surface area contributed by atoms with E-state index in [1.54, 1.807) is 29.7 Å². The van der Waals surface area contributed by atoms with Gasteiger partial charge in [0.15, 0.2) is 5.13 Å². The van der Waals surface area contributed by atoms with E-state index in [1.165, 1.54) is 4.70 Å². The van der Waals surface area contributed by atoms with Crippen LogP contribution in [0.4, 0.5) is 5.13 Å². The molecule has 0 unspecified atom stereocenters. The molecule has 0 spiro atoms. The minimum atomic E-state index is 0.523. The van der Waals surface area contributed by atoms with Crippen molar-refractivity contribution in [2.24, 2.45) is 5.92 Å². The number of halogens is 1. The van der Waals surface area contributed by atoms with Crippen LogP contribution in [0.1, 0.15) is 12.8 Å². The summed E-state index contributed by atoms with van der Waals surface area (Å²) in [5, 5.41) is 1.66. The first-order valence-electron chi connectivity index (χ1n) is 7.98. The quantitative estimate of drug-likeness (QED) is 0.703. The number of nitrogens with zero attached hydrogens (tertiary/aromatic N) is 4. The Balaban J connectivity index is 1.34. The van der Waals surface area contributed by atoms with Gasteiger partial charge in [-0.15, -0.1) is 0 Å². The van der Waals surface area contributed by atoms with Crippen molar-refractivity contribution < 1.29 is 4.74 Å². The van der Waals surface area contributed by atoms with E-state index in [-0.39, 0.29) is 0 Å². The Kier molecular flexibility index (Phi) is 4.49. The smallest absolute Gasteiger partial charge is 0.232 e. The number of hydrogen-bond acceptors (Lipinski definition) is 6. The second-order valence-electron chi connectivity index (χ2n) is 5.87. The summed E-state index contributed by atoms with van der Waals surface area (Å²) in [7, 11) is 0. The Labute approximate surface area is 149 Å². The third-order valence-corrected chi connectivity index (χ3v) is 5.63. The van der Waals surface area contributed by atoms with E-state index in [4.69, 9.17) is 16.3 Å². The van der Waals surface area contributed by atoms with Gasteiger partial charge in [-0.2, -0.15) is 0 Å². The van der Waals surface area contributed by atoms with Crippen molar-refractivity contribution in [1.29, 1.82) is 0 Å². The number of rotatable bonds is 4. The highest BCUT2D eigenvalue weighted by molar-refractivity contribution is 7.22. The van der Waals surface area contributed by atoms with Crippen LogP contribution in [0.3, 0.4) is 0 Å². The first-order chi connectivity index (χ1) is 11.8. The van der Waals surface area contributed by atoms with Crippen molar-refractivity contribution in [3.8, 4) is 5.88 Å². The van der Waals surface area contributed by atoms with Gasteiger partial charge in [-0.1, -0.05) is 22.9 Å². The van der Waals surface area contributed by atoms with Crippen LogP contribution in [-0.4, -0.2) is 34.6 Å². The summed E-state index contributed by atoms with van der Waals surface area (Å²) in [5.41, 5.74) is 0.979. The van der Waals surface area contributed by atoms with Crippen molar-refractivity contribution in [1.82, 2.24) is 15.0 Å². The predicted octanol–water partition coefficient (Wildman–Crippen LogP) is 4.04. The van der Waals surface area contributed by atoms with Gasteiger partial charge in [-0.05, 0) is 37.0 Å². The Morgan fingerprint density at radius 3 is 2.92 bits per heavy atom. The molecule has 1 aliphatic rings. The Hall–Kier alpha value is -1.92. The largest absolute Gasteiger partial charge is 0.476 e. The molecule has 3 aromatic rings. The summed E-state index contributed by atoms with van der Waals surface area (Å²) in [6.07, 6.45) is 7.51. The van der Waals surface area contributed by atoms with Gasteiger partial charge in [0.2, 0.25) is 5.88 Å². The molecule has 4 heterocycles. The maximum Gasteiger partial charge on any atom is 0.232 e. The molecule has 5 nitrogen and oxygen atoms in total.